The van der Waals surface area contributed by atoms with Crippen molar-refractivity contribution in [3.63, 3.8) is 0 Å². The molecule has 1 aromatic rings. The molecule has 0 spiro atoms. The van der Waals surface area contributed by atoms with E-state index in [0.717, 1.165) is 0 Å². The van der Waals surface area contributed by atoms with Crippen molar-refractivity contribution in [1.82, 2.24) is 14.3 Å². The van der Waals surface area contributed by atoms with Crippen LogP contribution in [0.25, 0.3) is 0 Å². The number of carboxylic acids is 1. The Kier molecular flexibility index (Phi) is 4.85. The van der Waals surface area contributed by atoms with Gasteiger partial charge in [0.15, 0.2) is 5.03 Å². The van der Waals surface area contributed by atoms with Gasteiger partial charge in [0.2, 0.25) is 0 Å². The zero-order chi connectivity index (χ0) is 13.8. The average Bonchev–Trinajstić information content (AvgIpc) is 2.77. The van der Waals surface area contributed by atoms with Crippen LogP contribution in [0.3, 0.4) is 0 Å². The molecule has 7 nitrogen and oxygen atoms in total. The highest BCUT2D eigenvalue weighted by Crippen LogP contribution is 2.06. The van der Waals surface area contributed by atoms with Crippen LogP contribution < -0.4 is 4.72 Å². The van der Waals surface area contributed by atoms with E-state index in [0.29, 0.717) is 6.54 Å². The molecule has 0 radical (unpaired) electrons. The number of aliphatic carboxylic acids is 1. The van der Waals surface area contributed by atoms with Crippen molar-refractivity contribution in [2.24, 2.45) is 5.92 Å². The van der Waals surface area contributed by atoms with E-state index >= 15 is 0 Å². The largest absolute Gasteiger partial charge is 0.481 e. The maximum absolute atomic E-state index is 11.8. The minimum absolute atomic E-state index is 0.0488. The molecule has 2 N–H and O–H groups in total. The molecule has 1 atom stereocenters. The molecule has 102 valence electrons. The summed E-state index contributed by atoms with van der Waals surface area (Å²) in [6, 6.07) is 0. The normalized spacial score (nSPS) is 13.4. The predicted octanol–water partition coefficient (Wildman–Crippen LogP) is 0.292. The summed E-state index contributed by atoms with van der Waals surface area (Å²) in [5.41, 5.74) is 0. The molecule has 1 unspecified atom stereocenters. The van der Waals surface area contributed by atoms with Gasteiger partial charge >= 0.3 is 5.97 Å². The van der Waals surface area contributed by atoms with E-state index < -0.39 is 21.9 Å². The number of aromatic nitrogens is 2. The molecule has 0 bridgehead atoms. The van der Waals surface area contributed by atoms with Crippen LogP contribution >= 0.6 is 0 Å². The maximum Gasteiger partial charge on any atom is 0.306 e. The molecule has 0 saturated heterocycles. The Morgan fingerprint density at radius 2 is 2.28 bits per heavy atom. The van der Waals surface area contributed by atoms with Crippen LogP contribution in [0.1, 0.15) is 20.3 Å². The number of rotatable bonds is 7. The quantitative estimate of drug-likeness (QED) is 0.745. The lowest BCUT2D eigenvalue weighted by molar-refractivity contribution is -0.141. The van der Waals surface area contributed by atoms with Crippen molar-refractivity contribution >= 4 is 16.0 Å². The molecule has 0 saturated carbocycles. The van der Waals surface area contributed by atoms with E-state index in [4.69, 9.17) is 5.11 Å². The fraction of sp³-hybridized carbons (Fsp3) is 0.600. The minimum atomic E-state index is -3.65. The van der Waals surface area contributed by atoms with Gasteiger partial charge in [0, 0.05) is 19.3 Å². The summed E-state index contributed by atoms with van der Waals surface area (Å²) in [5.74, 6) is -1.52. The van der Waals surface area contributed by atoms with Gasteiger partial charge in [0.25, 0.3) is 10.0 Å². The number of aryl methyl sites for hydroxylation is 1. The van der Waals surface area contributed by atoms with E-state index in [-0.39, 0.29) is 18.0 Å². The third kappa shape index (κ3) is 3.81. The van der Waals surface area contributed by atoms with Gasteiger partial charge in [-0.3, -0.25) is 4.79 Å². The van der Waals surface area contributed by atoms with Crippen molar-refractivity contribution in [2.75, 3.05) is 6.54 Å². The molecule has 0 amide bonds. The van der Waals surface area contributed by atoms with Crippen LogP contribution in [0, 0.1) is 5.92 Å². The number of hydrogen-bond acceptors (Lipinski definition) is 4. The van der Waals surface area contributed by atoms with Gasteiger partial charge in [-0.1, -0.05) is 6.92 Å². The number of imidazole rings is 1. The third-order valence-electron chi connectivity index (χ3n) is 2.54. The summed E-state index contributed by atoms with van der Waals surface area (Å²) >= 11 is 0. The summed E-state index contributed by atoms with van der Waals surface area (Å²) in [6.45, 7) is 4.12. The molecule has 18 heavy (non-hydrogen) atoms. The fourth-order valence-electron chi connectivity index (χ4n) is 1.26. The Labute approximate surface area is 106 Å². The molecule has 0 aliphatic rings. The fourth-order valence-corrected chi connectivity index (χ4v) is 2.25. The topological polar surface area (TPSA) is 101 Å². The van der Waals surface area contributed by atoms with Crippen LogP contribution in [-0.2, 0) is 21.4 Å². The van der Waals surface area contributed by atoms with Gasteiger partial charge in [-0.2, -0.15) is 0 Å². The number of hydrogen-bond donors (Lipinski definition) is 2. The number of nitrogens with one attached hydrogen (secondary N) is 1. The molecule has 1 heterocycles. The maximum atomic E-state index is 11.8. The van der Waals surface area contributed by atoms with Crippen LogP contribution in [0.5, 0.6) is 0 Å². The van der Waals surface area contributed by atoms with Crippen LogP contribution in [-0.4, -0.2) is 35.6 Å². The van der Waals surface area contributed by atoms with E-state index in [9.17, 15) is 13.2 Å². The first-order valence-corrected chi connectivity index (χ1v) is 7.09. The van der Waals surface area contributed by atoms with E-state index in [1.165, 1.54) is 19.4 Å². The highest BCUT2D eigenvalue weighted by atomic mass is 32.2. The van der Waals surface area contributed by atoms with E-state index in [2.05, 4.69) is 9.71 Å². The predicted molar refractivity (Wildman–Crippen MR) is 64.5 cm³/mol. The van der Waals surface area contributed by atoms with Gasteiger partial charge in [0.1, 0.15) is 0 Å². The van der Waals surface area contributed by atoms with Gasteiger partial charge in [-0.05, 0) is 13.3 Å². The Morgan fingerprint density at radius 1 is 1.61 bits per heavy atom. The molecule has 0 aliphatic carbocycles. The summed E-state index contributed by atoms with van der Waals surface area (Å²) in [5, 5.41) is 8.62. The van der Waals surface area contributed by atoms with E-state index in [1.54, 1.807) is 4.57 Å². The van der Waals surface area contributed by atoms with Gasteiger partial charge < -0.3 is 9.67 Å². The molecule has 0 aliphatic heterocycles. The summed E-state index contributed by atoms with van der Waals surface area (Å²) in [7, 11) is -3.65. The lowest BCUT2D eigenvalue weighted by atomic mass is 10.1. The third-order valence-corrected chi connectivity index (χ3v) is 3.89. The van der Waals surface area contributed by atoms with Crippen LogP contribution in [0.2, 0.25) is 0 Å². The SMILES string of the molecule is CCn1cnc(S(=O)(=O)NCCC(C)C(=O)O)c1. The second-order valence-corrected chi connectivity index (χ2v) is 5.68. The highest BCUT2D eigenvalue weighted by molar-refractivity contribution is 7.89. The number of nitrogens with zero attached hydrogens (tertiary/aromatic N) is 2. The van der Waals surface area contributed by atoms with Crippen molar-refractivity contribution in [1.29, 1.82) is 0 Å². The zero-order valence-electron chi connectivity index (χ0n) is 10.3. The van der Waals surface area contributed by atoms with E-state index in [1.807, 2.05) is 6.92 Å². The van der Waals surface area contributed by atoms with Gasteiger partial charge in [-0.15, -0.1) is 0 Å². The van der Waals surface area contributed by atoms with Crippen molar-refractivity contribution in [3.8, 4) is 0 Å². The molecular weight excluding hydrogens is 258 g/mol. The Hall–Kier alpha value is -1.41. The average molecular weight is 275 g/mol. The highest BCUT2D eigenvalue weighted by Gasteiger charge is 2.18. The Balaban J connectivity index is 2.57. The number of carboxylic acid groups (broad SMARTS) is 1. The summed E-state index contributed by atoms with van der Waals surface area (Å²) in [6.07, 6.45) is 3.11. The van der Waals surface area contributed by atoms with Crippen LogP contribution in [0.4, 0.5) is 0 Å². The zero-order valence-corrected chi connectivity index (χ0v) is 11.1. The van der Waals surface area contributed by atoms with Gasteiger partial charge in [0.05, 0.1) is 12.2 Å². The molecule has 8 heteroatoms. The van der Waals surface area contributed by atoms with Crippen LogP contribution in [0.15, 0.2) is 17.6 Å². The van der Waals surface area contributed by atoms with Crippen molar-refractivity contribution in [3.05, 3.63) is 12.5 Å². The second-order valence-electron chi connectivity index (χ2n) is 3.97. The molecule has 1 rings (SSSR count). The molecule has 0 fully saturated rings. The first-order valence-electron chi connectivity index (χ1n) is 5.61. The second kappa shape index (κ2) is 5.96. The monoisotopic (exact) mass is 275 g/mol. The Morgan fingerprint density at radius 3 is 2.78 bits per heavy atom. The number of carbonyl (C=O) groups is 1. The van der Waals surface area contributed by atoms with Gasteiger partial charge in [-0.25, -0.2) is 18.1 Å². The first kappa shape index (κ1) is 14.7. The van der Waals surface area contributed by atoms with Crippen molar-refractivity contribution < 1.29 is 18.3 Å². The molecular formula is C10H17N3O4S. The molecule has 0 aromatic carbocycles. The smallest absolute Gasteiger partial charge is 0.306 e. The number of sulfonamides is 1. The summed E-state index contributed by atoms with van der Waals surface area (Å²) in [4.78, 5) is 14.4. The summed E-state index contributed by atoms with van der Waals surface area (Å²) < 4.78 is 27.5. The lowest BCUT2D eigenvalue weighted by Gasteiger charge is -2.07. The lowest BCUT2D eigenvalue weighted by Crippen LogP contribution is -2.27. The standard InChI is InChI=1S/C10H17N3O4S/c1-3-13-6-9(11-7-13)18(16,17)12-5-4-8(2)10(14)15/h6-8,12H,3-5H2,1-2H3,(H,14,15). The van der Waals surface area contributed by atoms with Crippen molar-refractivity contribution in [2.45, 2.75) is 31.8 Å². The first-order chi connectivity index (χ1) is 8.36. The Bertz CT molecular complexity index is 509. The minimum Gasteiger partial charge on any atom is -0.481 e. The molecule has 1 aromatic heterocycles.